The van der Waals surface area contributed by atoms with E-state index in [1.54, 1.807) is 45.0 Å². The molecule has 0 saturated heterocycles. The SMILES string of the molecule is C=Cc1cc(C(=O)Nc2ccc(C(N)=NC(=O)OCCCCCC)cc2)c(-c2ccc(C(=O)NCC3CC3)nc2C(=O)OCOC(=O)[C@H](CCC(=O)O)NC(=O)OC(C)(C)C)cc1OC. The van der Waals surface area contributed by atoms with Crippen LogP contribution >= 0.6 is 0 Å². The Balaban J connectivity index is 1.63. The molecular weight excluding hydrogens is 845 g/mol. The number of aliphatic carboxylic acids is 1. The van der Waals surface area contributed by atoms with Crippen LogP contribution in [0.15, 0.2) is 60.1 Å². The number of amides is 4. The molecule has 1 fully saturated rings. The number of nitrogens with one attached hydrogen (secondary N) is 3. The molecule has 0 unspecified atom stereocenters. The van der Waals surface area contributed by atoms with E-state index in [4.69, 9.17) is 29.4 Å². The van der Waals surface area contributed by atoms with Crippen LogP contribution in [0.4, 0.5) is 15.3 Å². The van der Waals surface area contributed by atoms with Crippen molar-refractivity contribution in [3.63, 3.8) is 0 Å². The molecule has 0 aliphatic heterocycles. The number of esters is 2. The van der Waals surface area contributed by atoms with E-state index >= 15 is 0 Å². The van der Waals surface area contributed by atoms with E-state index in [0.29, 0.717) is 35.7 Å². The van der Waals surface area contributed by atoms with Crippen molar-refractivity contribution in [3.8, 4) is 16.9 Å². The minimum absolute atomic E-state index is 0.00948. The molecule has 4 rings (SSSR count). The largest absolute Gasteiger partial charge is 0.496 e. The molecule has 1 aliphatic carbocycles. The number of methoxy groups -OCH3 is 1. The minimum Gasteiger partial charge on any atom is -0.496 e. The molecule has 19 heteroatoms. The number of rotatable bonds is 22. The Morgan fingerprint density at radius 3 is 2.31 bits per heavy atom. The Labute approximate surface area is 376 Å². The number of benzene rings is 2. The molecule has 19 nitrogen and oxygen atoms in total. The van der Waals surface area contributed by atoms with Gasteiger partial charge in [0.05, 0.1) is 13.7 Å². The second-order valence-corrected chi connectivity index (χ2v) is 15.9. The molecule has 4 amide bonds. The molecule has 6 N–H and O–H groups in total. The molecular formula is C46H56N6O13. The molecule has 348 valence electrons. The van der Waals surface area contributed by atoms with E-state index < -0.39 is 72.5 Å². The van der Waals surface area contributed by atoms with E-state index in [2.05, 4.69) is 39.4 Å². The van der Waals surface area contributed by atoms with Crippen molar-refractivity contribution in [2.24, 2.45) is 16.6 Å². The lowest BCUT2D eigenvalue weighted by atomic mass is 9.94. The summed E-state index contributed by atoms with van der Waals surface area (Å²) < 4.78 is 26.4. The number of ether oxygens (including phenoxy) is 5. The smallest absolute Gasteiger partial charge is 0.435 e. The molecule has 1 aliphatic rings. The van der Waals surface area contributed by atoms with Crippen molar-refractivity contribution in [1.29, 1.82) is 0 Å². The molecule has 1 heterocycles. The number of unbranched alkanes of at least 4 members (excludes halogenated alkanes) is 3. The number of anilines is 1. The molecule has 0 radical (unpaired) electrons. The quantitative estimate of drug-likeness (QED) is 0.0177. The fraction of sp³-hybridized carbons (Fsp3) is 0.413. The maximum atomic E-state index is 14.1. The summed E-state index contributed by atoms with van der Waals surface area (Å²) in [5.74, 6) is -4.29. The third kappa shape index (κ3) is 16.1. The molecule has 1 aromatic heterocycles. The summed E-state index contributed by atoms with van der Waals surface area (Å²) in [5, 5.41) is 17.1. The number of nitrogens with two attached hydrogens (primary N) is 1. The lowest BCUT2D eigenvalue weighted by molar-refractivity contribution is -0.155. The standard InChI is InChI=1S/C46H56N6O13/c1-7-9-10-11-22-62-44(59)52-39(47)29-14-16-30(17-15-29)49-40(55)33-23-28(8-2)36(61-6)24-32(33)31-18-19-34(41(56)48-25-27-12-13-27)50-38(31)43(58)64-26-63-42(57)35(20-21-37(53)54)51-45(60)65-46(3,4)5/h8,14-19,23-24,27,35H,2,7,9-13,20-22,25-26H2,1,3-6H3,(H,48,56)(H,49,55)(H,51,60)(H,53,54)(H2,47,52,59)/t35-/m0/s1. The first-order valence-corrected chi connectivity index (χ1v) is 21.0. The first kappa shape index (κ1) is 50.3. The zero-order valence-corrected chi connectivity index (χ0v) is 37.2. The number of aliphatic imine (C=N–C) groups is 1. The van der Waals surface area contributed by atoms with E-state index in [0.717, 1.165) is 32.1 Å². The third-order valence-corrected chi connectivity index (χ3v) is 9.58. The van der Waals surface area contributed by atoms with Crippen LogP contribution in [0.2, 0.25) is 0 Å². The van der Waals surface area contributed by atoms with Crippen LogP contribution < -0.4 is 26.4 Å². The van der Waals surface area contributed by atoms with Gasteiger partial charge in [0.25, 0.3) is 11.8 Å². The van der Waals surface area contributed by atoms with E-state index in [1.807, 2.05) is 0 Å². The number of aromatic nitrogens is 1. The molecule has 65 heavy (non-hydrogen) atoms. The van der Waals surface area contributed by atoms with Crippen LogP contribution in [0.1, 0.15) is 122 Å². The Bertz CT molecular complexity index is 2270. The average Bonchev–Trinajstić information content (AvgIpc) is 4.10. The number of nitrogens with zero attached hydrogens (tertiary/aromatic N) is 2. The molecule has 1 saturated carbocycles. The lowest BCUT2D eigenvalue weighted by Gasteiger charge is -2.22. The Morgan fingerprint density at radius 2 is 1.68 bits per heavy atom. The second-order valence-electron chi connectivity index (χ2n) is 15.9. The summed E-state index contributed by atoms with van der Waals surface area (Å²) in [6.45, 7) is 10.3. The van der Waals surface area contributed by atoms with Crippen molar-refractivity contribution < 1.29 is 62.4 Å². The first-order valence-electron chi connectivity index (χ1n) is 21.0. The van der Waals surface area contributed by atoms with Gasteiger partial charge in [0, 0.05) is 46.5 Å². The molecule has 1 atom stereocenters. The highest BCUT2D eigenvalue weighted by Crippen LogP contribution is 2.35. The van der Waals surface area contributed by atoms with Crippen LogP contribution in [-0.4, -0.2) is 96.5 Å². The van der Waals surface area contributed by atoms with Crippen LogP contribution in [0, 0.1) is 5.92 Å². The van der Waals surface area contributed by atoms with Crippen molar-refractivity contribution in [1.82, 2.24) is 15.6 Å². The highest BCUT2D eigenvalue weighted by Gasteiger charge is 2.29. The van der Waals surface area contributed by atoms with Gasteiger partial charge in [-0.05, 0) is 101 Å². The number of pyridine rings is 1. The van der Waals surface area contributed by atoms with Gasteiger partial charge in [-0.1, -0.05) is 38.8 Å². The number of carboxylic acid groups (broad SMARTS) is 1. The van der Waals surface area contributed by atoms with Crippen LogP contribution in [-0.2, 0) is 28.5 Å². The summed E-state index contributed by atoms with van der Waals surface area (Å²) in [7, 11) is 1.40. The number of carbonyl (C=O) groups is 7. The fourth-order valence-electron chi connectivity index (χ4n) is 6.03. The van der Waals surface area contributed by atoms with Crippen LogP contribution in [0.3, 0.4) is 0 Å². The van der Waals surface area contributed by atoms with Gasteiger partial charge in [0.2, 0.25) is 6.79 Å². The zero-order chi connectivity index (χ0) is 47.7. The van der Waals surface area contributed by atoms with E-state index in [-0.39, 0.29) is 47.0 Å². The molecule has 0 bridgehead atoms. The summed E-state index contributed by atoms with van der Waals surface area (Å²) >= 11 is 0. The van der Waals surface area contributed by atoms with Gasteiger partial charge in [-0.2, -0.15) is 4.99 Å². The Morgan fingerprint density at radius 1 is 0.954 bits per heavy atom. The fourth-order valence-corrected chi connectivity index (χ4v) is 6.03. The Hall–Kier alpha value is -7.31. The number of carbonyl (C=O) groups excluding carboxylic acids is 6. The van der Waals surface area contributed by atoms with Gasteiger partial charge in [-0.15, -0.1) is 0 Å². The molecule has 3 aromatic rings. The predicted molar refractivity (Wildman–Crippen MR) is 238 cm³/mol. The predicted octanol–water partition coefficient (Wildman–Crippen LogP) is 6.63. The van der Waals surface area contributed by atoms with Crippen molar-refractivity contribution in [3.05, 3.63) is 83.2 Å². The normalized spacial score (nSPS) is 12.8. The number of carboxylic acids is 1. The number of alkyl carbamates (subject to hydrolysis) is 1. The van der Waals surface area contributed by atoms with Gasteiger partial charge in [0.15, 0.2) is 5.69 Å². The summed E-state index contributed by atoms with van der Waals surface area (Å²) in [6.07, 6.45) is 4.38. The number of amidine groups is 1. The first-order chi connectivity index (χ1) is 30.9. The van der Waals surface area contributed by atoms with Gasteiger partial charge < -0.3 is 50.5 Å². The zero-order valence-electron chi connectivity index (χ0n) is 37.2. The molecule has 0 spiro atoms. The lowest BCUT2D eigenvalue weighted by Crippen LogP contribution is -2.44. The number of hydrogen-bond donors (Lipinski definition) is 5. The van der Waals surface area contributed by atoms with E-state index in [1.165, 1.54) is 37.5 Å². The average molecular weight is 901 g/mol. The van der Waals surface area contributed by atoms with Gasteiger partial charge in [-0.3, -0.25) is 14.4 Å². The van der Waals surface area contributed by atoms with Crippen LogP contribution in [0.5, 0.6) is 5.75 Å². The Kier molecular flexibility index (Phi) is 18.5. The summed E-state index contributed by atoms with van der Waals surface area (Å²) in [6, 6.07) is 10.4. The summed E-state index contributed by atoms with van der Waals surface area (Å²) in [4.78, 5) is 98.4. The second kappa shape index (κ2) is 23.9. The van der Waals surface area contributed by atoms with Gasteiger partial charge in [-0.25, -0.2) is 24.2 Å². The summed E-state index contributed by atoms with van der Waals surface area (Å²) in [5.41, 5.74) is 5.78. The maximum Gasteiger partial charge on any atom is 0.435 e. The van der Waals surface area contributed by atoms with E-state index in [9.17, 15) is 38.7 Å². The topological polar surface area (TPSA) is 273 Å². The highest BCUT2D eigenvalue weighted by molar-refractivity contribution is 6.11. The van der Waals surface area contributed by atoms with Crippen LogP contribution in [0.25, 0.3) is 17.2 Å². The van der Waals surface area contributed by atoms with Crippen molar-refractivity contribution in [2.75, 3.05) is 32.4 Å². The van der Waals surface area contributed by atoms with Gasteiger partial charge in [0.1, 0.15) is 28.9 Å². The number of hydrogen-bond acceptors (Lipinski definition) is 13. The maximum absolute atomic E-state index is 14.1. The highest BCUT2D eigenvalue weighted by atomic mass is 16.7. The minimum atomic E-state index is -1.49. The monoisotopic (exact) mass is 900 g/mol. The van der Waals surface area contributed by atoms with Crippen molar-refractivity contribution >= 4 is 59.5 Å². The third-order valence-electron chi connectivity index (χ3n) is 9.58. The molecule has 2 aromatic carbocycles. The van der Waals surface area contributed by atoms with Crippen molar-refractivity contribution in [2.45, 2.75) is 90.7 Å². The van der Waals surface area contributed by atoms with Gasteiger partial charge >= 0.3 is 30.1 Å².